The van der Waals surface area contributed by atoms with E-state index in [4.69, 9.17) is 0 Å². The van der Waals surface area contributed by atoms with Gasteiger partial charge in [0, 0.05) is 12.7 Å². The van der Waals surface area contributed by atoms with Crippen LogP contribution in [-0.2, 0) is 13.5 Å². The van der Waals surface area contributed by atoms with E-state index in [9.17, 15) is 0 Å². The molecule has 1 heterocycles. The lowest BCUT2D eigenvalue weighted by atomic mass is 10.1. The van der Waals surface area contributed by atoms with Crippen LogP contribution in [0, 0.1) is 6.92 Å². The van der Waals surface area contributed by atoms with Crippen molar-refractivity contribution >= 4 is 0 Å². The highest BCUT2D eigenvalue weighted by molar-refractivity contribution is 5.19. The Kier molecular flexibility index (Phi) is 2.55. The summed E-state index contributed by atoms with van der Waals surface area (Å²) in [7, 11) is 2.09. The van der Waals surface area contributed by atoms with Gasteiger partial charge in [0.2, 0.25) is 0 Å². The third kappa shape index (κ3) is 1.38. The van der Waals surface area contributed by atoms with E-state index in [0.717, 1.165) is 12.2 Å². The molecule has 0 unspecified atom stereocenters. The Morgan fingerprint density at radius 2 is 2.00 bits per heavy atom. The van der Waals surface area contributed by atoms with E-state index in [-0.39, 0.29) is 0 Å². The van der Waals surface area contributed by atoms with Crippen molar-refractivity contribution in [3.8, 4) is 0 Å². The van der Waals surface area contributed by atoms with Gasteiger partial charge < -0.3 is 4.57 Å². The smallest absolute Gasteiger partial charge is 0.105 e. The van der Waals surface area contributed by atoms with E-state index in [0.29, 0.717) is 5.92 Å². The number of rotatable bonds is 2. The maximum Gasteiger partial charge on any atom is 0.105 e. The Bertz CT molecular complexity index is 272. The minimum atomic E-state index is 0.542. The summed E-state index contributed by atoms with van der Waals surface area (Å²) in [5.74, 6) is 1.66. The van der Waals surface area contributed by atoms with Crippen LogP contribution in [0.4, 0.5) is 0 Å². The van der Waals surface area contributed by atoms with E-state index in [1.54, 1.807) is 0 Å². The van der Waals surface area contributed by atoms with Gasteiger partial charge in [-0.1, -0.05) is 20.8 Å². The van der Waals surface area contributed by atoms with Crippen molar-refractivity contribution in [1.29, 1.82) is 0 Å². The zero-order valence-corrected chi connectivity index (χ0v) is 8.68. The van der Waals surface area contributed by atoms with Gasteiger partial charge in [0.15, 0.2) is 0 Å². The summed E-state index contributed by atoms with van der Waals surface area (Å²) in [5.41, 5.74) is 2.64. The lowest BCUT2D eigenvalue weighted by molar-refractivity contribution is 0.772. The summed E-state index contributed by atoms with van der Waals surface area (Å²) in [6, 6.07) is 0. The van der Waals surface area contributed by atoms with Gasteiger partial charge in [0.05, 0.1) is 5.69 Å². The predicted molar refractivity (Wildman–Crippen MR) is 51.4 cm³/mol. The van der Waals surface area contributed by atoms with Gasteiger partial charge in [0.1, 0.15) is 5.82 Å². The van der Waals surface area contributed by atoms with Crippen molar-refractivity contribution in [2.75, 3.05) is 0 Å². The zero-order chi connectivity index (χ0) is 9.30. The van der Waals surface area contributed by atoms with Gasteiger partial charge in [-0.3, -0.25) is 0 Å². The lowest BCUT2D eigenvalue weighted by Crippen LogP contribution is -1.99. The third-order valence-corrected chi connectivity index (χ3v) is 2.35. The Labute approximate surface area is 74.6 Å². The summed E-state index contributed by atoms with van der Waals surface area (Å²) < 4.78 is 2.19. The Balaban J connectivity index is 3.20. The van der Waals surface area contributed by atoms with E-state index in [2.05, 4.69) is 44.3 Å². The third-order valence-electron chi connectivity index (χ3n) is 2.35. The molecule has 0 bridgehead atoms. The molecular formula is C10H18N2. The van der Waals surface area contributed by atoms with Crippen molar-refractivity contribution in [1.82, 2.24) is 9.55 Å². The monoisotopic (exact) mass is 166 g/mol. The quantitative estimate of drug-likeness (QED) is 0.659. The molecule has 0 aliphatic heterocycles. The van der Waals surface area contributed by atoms with Gasteiger partial charge in [-0.25, -0.2) is 4.98 Å². The molecule has 68 valence electrons. The van der Waals surface area contributed by atoms with Crippen molar-refractivity contribution < 1.29 is 0 Å². The average Bonchev–Trinajstić information content (AvgIpc) is 2.29. The first kappa shape index (κ1) is 9.30. The van der Waals surface area contributed by atoms with E-state index in [1.165, 1.54) is 11.4 Å². The molecule has 0 atom stereocenters. The van der Waals surface area contributed by atoms with Gasteiger partial charge in [-0.05, 0) is 19.3 Å². The first-order valence-corrected chi connectivity index (χ1v) is 4.60. The van der Waals surface area contributed by atoms with Crippen LogP contribution in [-0.4, -0.2) is 9.55 Å². The fourth-order valence-electron chi connectivity index (χ4n) is 1.56. The molecule has 0 fully saturated rings. The normalized spacial score (nSPS) is 11.2. The van der Waals surface area contributed by atoms with Crippen LogP contribution in [0.15, 0.2) is 0 Å². The van der Waals surface area contributed by atoms with Crippen molar-refractivity contribution in [3.63, 3.8) is 0 Å². The summed E-state index contributed by atoms with van der Waals surface area (Å²) in [4.78, 5) is 4.54. The van der Waals surface area contributed by atoms with Crippen LogP contribution in [0.5, 0.6) is 0 Å². The number of imidazole rings is 1. The number of aromatic nitrogens is 2. The Morgan fingerprint density at radius 3 is 2.33 bits per heavy atom. The molecule has 0 aliphatic rings. The number of nitrogens with zero attached hydrogens (tertiary/aromatic N) is 2. The highest BCUT2D eigenvalue weighted by atomic mass is 15.1. The molecule has 0 aliphatic carbocycles. The molecule has 0 amide bonds. The molecule has 1 aromatic rings. The van der Waals surface area contributed by atoms with Gasteiger partial charge in [0.25, 0.3) is 0 Å². The summed E-state index contributed by atoms with van der Waals surface area (Å²) in [6.07, 6.45) is 1.07. The minimum Gasteiger partial charge on any atom is -0.335 e. The predicted octanol–water partition coefficient (Wildman–Crippen LogP) is 2.41. The van der Waals surface area contributed by atoms with Crippen molar-refractivity contribution in [2.24, 2.45) is 7.05 Å². The lowest BCUT2D eigenvalue weighted by Gasteiger charge is -2.05. The topological polar surface area (TPSA) is 17.8 Å². The maximum absolute atomic E-state index is 4.54. The second kappa shape index (κ2) is 3.30. The molecular weight excluding hydrogens is 148 g/mol. The van der Waals surface area contributed by atoms with Crippen LogP contribution in [0.25, 0.3) is 0 Å². The Morgan fingerprint density at radius 1 is 1.42 bits per heavy atom. The molecule has 0 saturated heterocycles. The molecule has 12 heavy (non-hydrogen) atoms. The maximum atomic E-state index is 4.54. The second-order valence-electron chi connectivity index (χ2n) is 3.56. The number of hydrogen-bond donors (Lipinski definition) is 0. The van der Waals surface area contributed by atoms with Crippen LogP contribution in [0.1, 0.15) is 43.9 Å². The summed E-state index contributed by atoms with van der Waals surface area (Å²) >= 11 is 0. The van der Waals surface area contributed by atoms with Crippen molar-refractivity contribution in [3.05, 3.63) is 17.2 Å². The zero-order valence-electron chi connectivity index (χ0n) is 8.68. The average molecular weight is 166 g/mol. The summed E-state index contributed by atoms with van der Waals surface area (Å²) in [6.45, 7) is 8.63. The van der Waals surface area contributed by atoms with Gasteiger partial charge in [-0.15, -0.1) is 0 Å². The van der Waals surface area contributed by atoms with Crippen molar-refractivity contribution in [2.45, 2.75) is 40.0 Å². The standard InChI is InChI=1S/C10H18N2/c1-6-9-10(7(2)3)11-8(4)12(9)5/h7H,6H2,1-5H3. The molecule has 1 rings (SSSR count). The highest BCUT2D eigenvalue weighted by Crippen LogP contribution is 2.19. The molecule has 2 nitrogen and oxygen atoms in total. The number of hydrogen-bond acceptors (Lipinski definition) is 1. The molecule has 0 aromatic carbocycles. The number of aryl methyl sites for hydroxylation is 1. The van der Waals surface area contributed by atoms with Gasteiger partial charge in [-0.2, -0.15) is 0 Å². The first-order valence-electron chi connectivity index (χ1n) is 4.60. The van der Waals surface area contributed by atoms with E-state index in [1.807, 2.05) is 0 Å². The van der Waals surface area contributed by atoms with Gasteiger partial charge >= 0.3 is 0 Å². The molecule has 0 saturated carbocycles. The fraction of sp³-hybridized carbons (Fsp3) is 0.700. The first-order chi connectivity index (χ1) is 5.57. The second-order valence-corrected chi connectivity index (χ2v) is 3.56. The Hall–Kier alpha value is -0.790. The summed E-state index contributed by atoms with van der Waals surface area (Å²) in [5, 5.41) is 0. The SMILES string of the molecule is CCc1c(C(C)C)nc(C)n1C. The van der Waals surface area contributed by atoms with Crippen LogP contribution in [0.3, 0.4) is 0 Å². The molecule has 0 N–H and O–H groups in total. The molecule has 0 spiro atoms. The molecule has 2 heteroatoms. The van der Waals surface area contributed by atoms with Crippen LogP contribution < -0.4 is 0 Å². The minimum absolute atomic E-state index is 0.542. The van der Waals surface area contributed by atoms with Crippen LogP contribution in [0.2, 0.25) is 0 Å². The highest BCUT2D eigenvalue weighted by Gasteiger charge is 2.12. The largest absolute Gasteiger partial charge is 0.335 e. The van der Waals surface area contributed by atoms with E-state index < -0.39 is 0 Å². The fourth-order valence-corrected chi connectivity index (χ4v) is 1.56. The molecule has 1 aromatic heterocycles. The van der Waals surface area contributed by atoms with E-state index >= 15 is 0 Å². The van der Waals surface area contributed by atoms with Crippen LogP contribution >= 0.6 is 0 Å². The molecule has 0 radical (unpaired) electrons.